The molecule has 0 aliphatic carbocycles. The smallest absolute Gasteiger partial charge is 0.257 e. The summed E-state index contributed by atoms with van der Waals surface area (Å²) in [6.45, 7) is 4.30. The van der Waals surface area contributed by atoms with Crippen LogP contribution in [-0.2, 0) is 6.54 Å². The Balaban J connectivity index is 1.85. The third-order valence-electron chi connectivity index (χ3n) is 4.77. The topological polar surface area (TPSA) is 69.6 Å². The number of carbonyl (C=O) groups excluding carboxylic acids is 1. The Labute approximate surface area is 169 Å². The van der Waals surface area contributed by atoms with Gasteiger partial charge in [-0.1, -0.05) is 6.07 Å². The largest absolute Gasteiger partial charge is 0.497 e. The van der Waals surface area contributed by atoms with Crippen LogP contribution in [0.2, 0.25) is 0 Å². The number of rotatable bonds is 6. The van der Waals surface area contributed by atoms with Crippen LogP contribution >= 0.6 is 0 Å². The van der Waals surface area contributed by atoms with Gasteiger partial charge < -0.3 is 19.4 Å². The zero-order chi connectivity index (χ0) is 21.0. The highest BCUT2D eigenvalue weighted by atomic mass is 16.5. The van der Waals surface area contributed by atoms with Crippen LogP contribution in [0.3, 0.4) is 0 Å². The van der Waals surface area contributed by atoms with Gasteiger partial charge in [-0.25, -0.2) is 0 Å². The van der Waals surface area contributed by atoms with Gasteiger partial charge in [0.25, 0.3) is 11.5 Å². The van der Waals surface area contributed by atoms with Crippen LogP contribution in [-0.4, -0.2) is 24.7 Å². The van der Waals surface area contributed by atoms with Crippen molar-refractivity contribution in [1.29, 1.82) is 0 Å². The van der Waals surface area contributed by atoms with E-state index in [0.29, 0.717) is 22.7 Å². The molecule has 6 nitrogen and oxygen atoms in total. The summed E-state index contributed by atoms with van der Waals surface area (Å²) in [6.07, 6.45) is 1.56. The van der Waals surface area contributed by atoms with Gasteiger partial charge in [-0.15, -0.1) is 0 Å². The fourth-order valence-electron chi connectivity index (χ4n) is 2.97. The van der Waals surface area contributed by atoms with Gasteiger partial charge >= 0.3 is 0 Å². The van der Waals surface area contributed by atoms with Crippen LogP contribution < -0.4 is 20.3 Å². The molecule has 1 heterocycles. The normalized spacial score (nSPS) is 10.5. The van der Waals surface area contributed by atoms with Gasteiger partial charge in [0.2, 0.25) is 0 Å². The van der Waals surface area contributed by atoms with Crippen molar-refractivity contribution in [2.75, 3.05) is 19.5 Å². The molecule has 1 aromatic heterocycles. The standard InChI is InChI=1S/C23H24N2O4/c1-15-5-7-19(9-16(15)2)24-23(27)18-6-8-22(26)25(14-18)13-17-10-20(28-3)12-21(11-17)29-4/h5-12,14H,13H2,1-4H3,(H,24,27). The third kappa shape index (κ3) is 4.85. The molecule has 3 aromatic rings. The van der Waals surface area contributed by atoms with Crippen molar-refractivity contribution in [1.82, 2.24) is 4.57 Å². The average molecular weight is 392 g/mol. The highest BCUT2D eigenvalue weighted by molar-refractivity contribution is 6.04. The maximum absolute atomic E-state index is 12.7. The highest BCUT2D eigenvalue weighted by Crippen LogP contribution is 2.23. The van der Waals surface area contributed by atoms with Gasteiger partial charge in [-0.05, 0) is 60.9 Å². The second-order valence-electron chi connectivity index (χ2n) is 6.86. The molecule has 0 aliphatic rings. The fourth-order valence-corrected chi connectivity index (χ4v) is 2.97. The first-order valence-electron chi connectivity index (χ1n) is 9.20. The quantitative estimate of drug-likeness (QED) is 0.693. The number of hydrogen-bond acceptors (Lipinski definition) is 4. The Morgan fingerprint density at radius 1 is 0.931 bits per heavy atom. The van der Waals surface area contributed by atoms with E-state index in [4.69, 9.17) is 9.47 Å². The molecule has 0 atom stereocenters. The predicted molar refractivity (Wildman–Crippen MR) is 113 cm³/mol. The Hall–Kier alpha value is -3.54. The van der Waals surface area contributed by atoms with Crippen LogP contribution in [0.25, 0.3) is 0 Å². The van der Waals surface area contributed by atoms with Gasteiger partial charge in [-0.3, -0.25) is 9.59 Å². The summed E-state index contributed by atoms with van der Waals surface area (Å²) < 4.78 is 12.0. The number of carbonyl (C=O) groups is 1. The van der Waals surface area contributed by atoms with E-state index in [1.807, 2.05) is 44.2 Å². The molecule has 29 heavy (non-hydrogen) atoms. The molecule has 0 saturated heterocycles. The lowest BCUT2D eigenvalue weighted by atomic mass is 10.1. The van der Waals surface area contributed by atoms with Gasteiger partial charge in [-0.2, -0.15) is 0 Å². The van der Waals surface area contributed by atoms with Crippen LogP contribution in [0.4, 0.5) is 5.69 Å². The maximum Gasteiger partial charge on any atom is 0.257 e. The second kappa shape index (κ2) is 8.65. The molecule has 0 spiro atoms. The molecule has 0 unspecified atom stereocenters. The first kappa shape index (κ1) is 20.2. The lowest BCUT2D eigenvalue weighted by Gasteiger charge is -2.12. The summed E-state index contributed by atoms with van der Waals surface area (Å²) in [5.41, 5.74) is 4.00. The van der Waals surface area contributed by atoms with E-state index in [-0.39, 0.29) is 18.0 Å². The lowest BCUT2D eigenvalue weighted by molar-refractivity contribution is 0.102. The number of methoxy groups -OCH3 is 2. The number of nitrogens with zero attached hydrogens (tertiary/aromatic N) is 1. The number of pyridine rings is 1. The van der Waals surface area contributed by atoms with Crippen LogP contribution in [0, 0.1) is 13.8 Å². The van der Waals surface area contributed by atoms with E-state index >= 15 is 0 Å². The zero-order valence-corrected chi connectivity index (χ0v) is 17.0. The number of nitrogens with one attached hydrogen (secondary N) is 1. The average Bonchev–Trinajstić information content (AvgIpc) is 2.72. The number of aryl methyl sites for hydroxylation is 2. The first-order chi connectivity index (χ1) is 13.9. The molecule has 2 aromatic carbocycles. The van der Waals surface area contributed by atoms with Gasteiger partial charge in [0.1, 0.15) is 11.5 Å². The summed E-state index contributed by atoms with van der Waals surface area (Å²) in [5.74, 6) is 0.998. The van der Waals surface area contributed by atoms with Crippen molar-refractivity contribution in [2.24, 2.45) is 0 Å². The number of hydrogen-bond donors (Lipinski definition) is 1. The summed E-state index contributed by atoms with van der Waals surface area (Å²) in [5, 5.41) is 2.88. The Morgan fingerprint density at radius 2 is 1.62 bits per heavy atom. The molecule has 1 amide bonds. The number of anilines is 1. The minimum atomic E-state index is -0.273. The van der Waals surface area contributed by atoms with E-state index in [1.54, 1.807) is 26.5 Å². The Morgan fingerprint density at radius 3 is 2.24 bits per heavy atom. The Bertz CT molecular complexity index is 1080. The molecular weight excluding hydrogens is 368 g/mol. The van der Waals surface area contributed by atoms with Gasteiger partial charge in [0.15, 0.2) is 0 Å². The molecule has 0 bridgehead atoms. The molecule has 0 saturated carbocycles. The van der Waals surface area contributed by atoms with Crippen molar-refractivity contribution in [3.8, 4) is 11.5 Å². The van der Waals surface area contributed by atoms with Gasteiger partial charge in [0, 0.05) is 24.0 Å². The van der Waals surface area contributed by atoms with Crippen LogP contribution in [0.15, 0.2) is 59.5 Å². The number of amides is 1. The van der Waals surface area contributed by atoms with Crippen LogP contribution in [0.1, 0.15) is 27.0 Å². The van der Waals surface area contributed by atoms with Crippen molar-refractivity contribution >= 4 is 11.6 Å². The number of benzene rings is 2. The number of ether oxygens (including phenoxy) is 2. The lowest BCUT2D eigenvalue weighted by Crippen LogP contribution is -2.22. The maximum atomic E-state index is 12.7. The molecule has 6 heteroatoms. The molecule has 0 radical (unpaired) electrons. The summed E-state index contributed by atoms with van der Waals surface area (Å²) in [6, 6.07) is 14.1. The third-order valence-corrected chi connectivity index (χ3v) is 4.77. The summed E-state index contributed by atoms with van der Waals surface area (Å²) in [7, 11) is 3.14. The minimum Gasteiger partial charge on any atom is -0.497 e. The van der Waals surface area contributed by atoms with E-state index < -0.39 is 0 Å². The molecule has 0 aliphatic heterocycles. The molecule has 0 fully saturated rings. The second-order valence-corrected chi connectivity index (χ2v) is 6.86. The highest BCUT2D eigenvalue weighted by Gasteiger charge is 2.10. The first-order valence-corrected chi connectivity index (χ1v) is 9.20. The van der Waals surface area contributed by atoms with Crippen molar-refractivity contribution < 1.29 is 14.3 Å². The van der Waals surface area contributed by atoms with Crippen molar-refractivity contribution in [3.05, 3.63) is 87.3 Å². The number of aromatic nitrogens is 1. The Kier molecular flexibility index (Phi) is 6.02. The van der Waals surface area contributed by atoms with E-state index in [0.717, 1.165) is 16.7 Å². The van der Waals surface area contributed by atoms with E-state index in [2.05, 4.69) is 5.32 Å². The van der Waals surface area contributed by atoms with Crippen molar-refractivity contribution in [2.45, 2.75) is 20.4 Å². The predicted octanol–water partition coefficient (Wildman–Crippen LogP) is 3.78. The molecule has 3 rings (SSSR count). The SMILES string of the molecule is COc1cc(Cn2cc(C(=O)Nc3ccc(C)c(C)c3)ccc2=O)cc(OC)c1. The van der Waals surface area contributed by atoms with Crippen LogP contribution in [0.5, 0.6) is 11.5 Å². The summed E-state index contributed by atoms with van der Waals surface area (Å²) in [4.78, 5) is 25.0. The molecule has 1 N–H and O–H groups in total. The van der Waals surface area contributed by atoms with Crippen molar-refractivity contribution in [3.63, 3.8) is 0 Å². The minimum absolute atomic E-state index is 0.200. The molecule has 150 valence electrons. The molecular formula is C23H24N2O4. The van der Waals surface area contributed by atoms with E-state index in [1.165, 1.54) is 16.7 Å². The monoisotopic (exact) mass is 392 g/mol. The fraction of sp³-hybridized carbons (Fsp3) is 0.217. The zero-order valence-electron chi connectivity index (χ0n) is 17.0. The van der Waals surface area contributed by atoms with E-state index in [9.17, 15) is 9.59 Å². The summed E-state index contributed by atoms with van der Waals surface area (Å²) >= 11 is 0. The van der Waals surface area contributed by atoms with Gasteiger partial charge in [0.05, 0.1) is 26.3 Å².